The highest BCUT2D eigenvalue weighted by Crippen LogP contribution is 2.15. The van der Waals surface area contributed by atoms with Gasteiger partial charge in [0.05, 0.1) is 11.8 Å². The SMILES string of the molecule is CCS(=O)(=O)N1CCN(Cc2cccc(C(=O)NC(C)c3ccccc3)c2)CC1. The molecule has 1 unspecified atom stereocenters. The first-order chi connectivity index (χ1) is 13.9. The summed E-state index contributed by atoms with van der Waals surface area (Å²) in [7, 11) is -3.12. The van der Waals surface area contributed by atoms with Gasteiger partial charge in [-0.25, -0.2) is 8.42 Å². The minimum Gasteiger partial charge on any atom is -0.346 e. The van der Waals surface area contributed by atoms with E-state index in [0.29, 0.717) is 38.3 Å². The Balaban J connectivity index is 1.58. The molecule has 2 aromatic rings. The Morgan fingerprint density at radius 1 is 1.03 bits per heavy atom. The summed E-state index contributed by atoms with van der Waals surface area (Å²) >= 11 is 0. The van der Waals surface area contributed by atoms with E-state index in [4.69, 9.17) is 0 Å². The minimum absolute atomic E-state index is 0.0686. The molecule has 2 aromatic carbocycles. The van der Waals surface area contributed by atoms with E-state index in [1.165, 1.54) is 0 Å². The van der Waals surface area contributed by atoms with Crippen molar-refractivity contribution in [1.29, 1.82) is 0 Å². The van der Waals surface area contributed by atoms with Gasteiger partial charge >= 0.3 is 0 Å². The molecule has 29 heavy (non-hydrogen) atoms. The van der Waals surface area contributed by atoms with Crippen molar-refractivity contribution in [3.8, 4) is 0 Å². The Hall–Kier alpha value is -2.22. The van der Waals surface area contributed by atoms with E-state index in [1.54, 1.807) is 11.2 Å². The average Bonchev–Trinajstić information content (AvgIpc) is 2.75. The molecule has 3 rings (SSSR count). The van der Waals surface area contributed by atoms with Crippen molar-refractivity contribution in [1.82, 2.24) is 14.5 Å². The van der Waals surface area contributed by atoms with Gasteiger partial charge in [0, 0.05) is 38.3 Å². The number of carbonyl (C=O) groups is 1. The molecule has 0 bridgehead atoms. The van der Waals surface area contributed by atoms with Crippen LogP contribution in [-0.4, -0.2) is 55.5 Å². The van der Waals surface area contributed by atoms with Crippen molar-refractivity contribution in [2.45, 2.75) is 26.4 Å². The summed E-state index contributed by atoms with van der Waals surface area (Å²) < 4.78 is 25.6. The van der Waals surface area contributed by atoms with Crippen molar-refractivity contribution in [3.63, 3.8) is 0 Å². The van der Waals surface area contributed by atoms with E-state index in [1.807, 2.05) is 61.5 Å². The van der Waals surface area contributed by atoms with Crippen molar-refractivity contribution >= 4 is 15.9 Å². The van der Waals surface area contributed by atoms with Gasteiger partial charge in [0.1, 0.15) is 0 Å². The Bertz CT molecular complexity index is 923. The molecule has 1 amide bonds. The molecule has 1 aliphatic heterocycles. The molecule has 0 aromatic heterocycles. The van der Waals surface area contributed by atoms with Crippen LogP contribution in [0.3, 0.4) is 0 Å². The van der Waals surface area contributed by atoms with Gasteiger partial charge in [-0.05, 0) is 37.1 Å². The molecule has 6 nitrogen and oxygen atoms in total. The van der Waals surface area contributed by atoms with Crippen LogP contribution in [0.2, 0.25) is 0 Å². The molecule has 1 atom stereocenters. The number of sulfonamides is 1. The van der Waals surface area contributed by atoms with Crippen molar-refractivity contribution in [2.75, 3.05) is 31.9 Å². The van der Waals surface area contributed by atoms with Crippen LogP contribution in [0.4, 0.5) is 0 Å². The molecule has 1 heterocycles. The number of amides is 1. The lowest BCUT2D eigenvalue weighted by Gasteiger charge is -2.33. The van der Waals surface area contributed by atoms with Crippen LogP contribution in [0.25, 0.3) is 0 Å². The molecule has 0 aliphatic carbocycles. The normalized spacial score (nSPS) is 17.0. The summed E-state index contributed by atoms with van der Waals surface area (Å²) in [6.45, 7) is 6.78. The zero-order valence-corrected chi connectivity index (χ0v) is 17.9. The Morgan fingerprint density at radius 3 is 2.38 bits per heavy atom. The summed E-state index contributed by atoms with van der Waals surface area (Å²) in [6, 6.07) is 17.5. The zero-order chi connectivity index (χ0) is 20.9. The maximum absolute atomic E-state index is 12.7. The van der Waals surface area contributed by atoms with E-state index in [0.717, 1.165) is 11.1 Å². The predicted molar refractivity (Wildman–Crippen MR) is 115 cm³/mol. The summed E-state index contributed by atoms with van der Waals surface area (Å²) in [4.78, 5) is 14.9. The Labute approximate surface area is 173 Å². The van der Waals surface area contributed by atoms with Gasteiger partial charge in [-0.2, -0.15) is 4.31 Å². The quantitative estimate of drug-likeness (QED) is 0.755. The van der Waals surface area contributed by atoms with E-state index in [9.17, 15) is 13.2 Å². The maximum Gasteiger partial charge on any atom is 0.251 e. The zero-order valence-electron chi connectivity index (χ0n) is 17.0. The lowest BCUT2D eigenvalue weighted by atomic mass is 10.1. The molecule has 0 radical (unpaired) electrons. The number of rotatable bonds is 7. The number of nitrogens with one attached hydrogen (secondary N) is 1. The fraction of sp³-hybridized carbons (Fsp3) is 0.409. The van der Waals surface area contributed by atoms with Crippen LogP contribution in [0, 0.1) is 0 Å². The summed E-state index contributed by atoms with van der Waals surface area (Å²) in [5.41, 5.74) is 2.76. The third kappa shape index (κ3) is 5.65. The predicted octanol–water partition coefficient (Wildman–Crippen LogP) is 2.64. The molecular formula is C22H29N3O3S. The van der Waals surface area contributed by atoms with E-state index in [-0.39, 0.29) is 17.7 Å². The second-order valence-electron chi connectivity index (χ2n) is 7.38. The first-order valence-electron chi connectivity index (χ1n) is 10.0. The molecular weight excluding hydrogens is 386 g/mol. The summed E-state index contributed by atoms with van der Waals surface area (Å²) in [6.07, 6.45) is 0. The Kier molecular flexibility index (Phi) is 7.05. The van der Waals surface area contributed by atoms with Crippen LogP contribution < -0.4 is 5.32 Å². The van der Waals surface area contributed by atoms with Crippen LogP contribution in [0.1, 0.15) is 41.4 Å². The molecule has 0 spiro atoms. The van der Waals surface area contributed by atoms with Gasteiger partial charge in [-0.15, -0.1) is 0 Å². The largest absolute Gasteiger partial charge is 0.346 e. The number of piperazine rings is 1. The van der Waals surface area contributed by atoms with Gasteiger partial charge in [0.2, 0.25) is 10.0 Å². The molecule has 0 saturated carbocycles. The van der Waals surface area contributed by atoms with E-state index in [2.05, 4.69) is 10.2 Å². The molecule has 7 heteroatoms. The Morgan fingerprint density at radius 2 is 1.72 bits per heavy atom. The smallest absolute Gasteiger partial charge is 0.251 e. The monoisotopic (exact) mass is 415 g/mol. The second kappa shape index (κ2) is 9.52. The maximum atomic E-state index is 12.7. The van der Waals surface area contributed by atoms with Gasteiger partial charge in [0.25, 0.3) is 5.91 Å². The lowest BCUT2D eigenvalue weighted by Crippen LogP contribution is -2.48. The molecule has 1 aliphatic rings. The lowest BCUT2D eigenvalue weighted by molar-refractivity contribution is 0.0939. The van der Waals surface area contributed by atoms with Crippen molar-refractivity contribution in [2.24, 2.45) is 0 Å². The van der Waals surface area contributed by atoms with Crippen LogP contribution in [0.5, 0.6) is 0 Å². The standard InChI is InChI=1S/C22H29N3O3S/c1-3-29(27,28)25-14-12-24(13-15-25)17-19-8-7-11-21(16-19)22(26)23-18(2)20-9-5-4-6-10-20/h4-11,16,18H,3,12-15,17H2,1-2H3,(H,23,26). The minimum atomic E-state index is -3.12. The highest BCUT2D eigenvalue weighted by atomic mass is 32.2. The van der Waals surface area contributed by atoms with Crippen LogP contribution in [0.15, 0.2) is 54.6 Å². The fourth-order valence-corrected chi connectivity index (χ4v) is 4.61. The number of benzene rings is 2. The second-order valence-corrected chi connectivity index (χ2v) is 9.64. The van der Waals surface area contributed by atoms with E-state index >= 15 is 0 Å². The van der Waals surface area contributed by atoms with Crippen LogP contribution >= 0.6 is 0 Å². The van der Waals surface area contributed by atoms with Gasteiger partial charge in [-0.3, -0.25) is 9.69 Å². The first-order valence-corrected chi connectivity index (χ1v) is 11.6. The number of hydrogen-bond donors (Lipinski definition) is 1. The average molecular weight is 416 g/mol. The highest BCUT2D eigenvalue weighted by molar-refractivity contribution is 7.89. The number of nitrogens with zero attached hydrogens (tertiary/aromatic N) is 2. The molecule has 156 valence electrons. The first kappa shape index (κ1) is 21.5. The van der Waals surface area contributed by atoms with Crippen molar-refractivity contribution < 1.29 is 13.2 Å². The molecule has 1 N–H and O–H groups in total. The fourth-order valence-electron chi connectivity index (χ4n) is 3.52. The molecule has 1 saturated heterocycles. The topological polar surface area (TPSA) is 69.7 Å². The van der Waals surface area contributed by atoms with Gasteiger partial charge < -0.3 is 5.32 Å². The van der Waals surface area contributed by atoms with E-state index < -0.39 is 10.0 Å². The van der Waals surface area contributed by atoms with Crippen LogP contribution in [-0.2, 0) is 16.6 Å². The number of hydrogen-bond acceptors (Lipinski definition) is 4. The third-order valence-corrected chi connectivity index (χ3v) is 7.21. The summed E-state index contributed by atoms with van der Waals surface area (Å²) in [5.74, 6) is 0.0491. The van der Waals surface area contributed by atoms with Crippen molar-refractivity contribution in [3.05, 3.63) is 71.3 Å². The van der Waals surface area contributed by atoms with Gasteiger partial charge in [0.15, 0.2) is 0 Å². The summed E-state index contributed by atoms with van der Waals surface area (Å²) in [5, 5.41) is 3.05. The molecule has 1 fully saturated rings. The highest BCUT2D eigenvalue weighted by Gasteiger charge is 2.25. The third-order valence-electron chi connectivity index (χ3n) is 5.33. The number of carbonyl (C=O) groups excluding carboxylic acids is 1. The van der Waals surface area contributed by atoms with Gasteiger partial charge in [-0.1, -0.05) is 42.5 Å².